The van der Waals surface area contributed by atoms with E-state index in [-0.39, 0.29) is 11.9 Å². The van der Waals surface area contributed by atoms with E-state index in [1.807, 2.05) is 37.3 Å². The van der Waals surface area contributed by atoms with Crippen LogP contribution in [0.2, 0.25) is 0 Å². The summed E-state index contributed by atoms with van der Waals surface area (Å²) < 4.78 is 19.2. The summed E-state index contributed by atoms with van der Waals surface area (Å²) in [6, 6.07) is 13.4. The number of anilines is 1. The second-order valence-corrected chi connectivity index (χ2v) is 5.47. The molecule has 1 heterocycles. The van der Waals surface area contributed by atoms with E-state index < -0.39 is 6.03 Å². The maximum atomic E-state index is 13.5. The van der Waals surface area contributed by atoms with Gasteiger partial charge in [-0.05, 0) is 43.7 Å². The average molecular weight is 312 g/mol. The van der Waals surface area contributed by atoms with Crippen molar-refractivity contribution in [3.8, 4) is 0 Å². The van der Waals surface area contributed by atoms with Gasteiger partial charge in [-0.2, -0.15) is 0 Å². The van der Waals surface area contributed by atoms with E-state index in [9.17, 15) is 9.18 Å². The van der Waals surface area contributed by atoms with Gasteiger partial charge >= 0.3 is 6.03 Å². The maximum absolute atomic E-state index is 13.5. The highest BCUT2D eigenvalue weighted by atomic mass is 19.1. The van der Waals surface area contributed by atoms with Gasteiger partial charge in [0.2, 0.25) is 0 Å². The minimum Gasteiger partial charge on any atom is -0.459 e. The molecular formula is C18H17FN2O2. The van der Waals surface area contributed by atoms with Crippen molar-refractivity contribution in [3.63, 3.8) is 0 Å². The number of carbonyl (C=O) groups is 1. The third-order valence-electron chi connectivity index (χ3n) is 3.65. The smallest absolute Gasteiger partial charge is 0.319 e. The normalized spacial score (nSPS) is 12.1. The molecule has 0 saturated carbocycles. The lowest BCUT2D eigenvalue weighted by molar-refractivity contribution is 0.248. The van der Waals surface area contributed by atoms with Gasteiger partial charge in [-0.25, -0.2) is 9.18 Å². The van der Waals surface area contributed by atoms with Crippen molar-refractivity contribution in [2.45, 2.75) is 19.9 Å². The molecule has 3 aromatic rings. The van der Waals surface area contributed by atoms with Gasteiger partial charge in [-0.15, -0.1) is 0 Å². The molecule has 23 heavy (non-hydrogen) atoms. The number of hydrogen-bond donors (Lipinski definition) is 2. The molecule has 0 fully saturated rings. The number of hydrogen-bond acceptors (Lipinski definition) is 2. The van der Waals surface area contributed by atoms with Crippen molar-refractivity contribution >= 4 is 22.7 Å². The van der Waals surface area contributed by atoms with E-state index >= 15 is 0 Å². The summed E-state index contributed by atoms with van der Waals surface area (Å²) in [7, 11) is 0. The number of aryl methyl sites for hydroxylation is 1. The van der Waals surface area contributed by atoms with Crippen molar-refractivity contribution < 1.29 is 13.6 Å². The number of nitrogens with one attached hydrogen (secondary N) is 2. The van der Waals surface area contributed by atoms with Crippen molar-refractivity contribution in [1.29, 1.82) is 0 Å². The number of furan rings is 1. The SMILES string of the molecule is Cc1ccc(NC(=O)NC(C)c2cc3ccccc3o2)cc1F. The summed E-state index contributed by atoms with van der Waals surface area (Å²) in [4.78, 5) is 12.0. The van der Waals surface area contributed by atoms with E-state index in [0.717, 1.165) is 11.0 Å². The molecule has 5 heteroatoms. The van der Waals surface area contributed by atoms with E-state index in [1.54, 1.807) is 19.1 Å². The van der Waals surface area contributed by atoms with Crippen LogP contribution in [0, 0.1) is 12.7 Å². The number of para-hydroxylation sites is 1. The van der Waals surface area contributed by atoms with Crippen LogP contribution in [0.15, 0.2) is 52.9 Å². The van der Waals surface area contributed by atoms with Crippen LogP contribution in [-0.4, -0.2) is 6.03 Å². The molecule has 0 bridgehead atoms. The Morgan fingerprint density at radius 3 is 2.70 bits per heavy atom. The molecule has 0 aliphatic carbocycles. The van der Waals surface area contributed by atoms with Crippen molar-refractivity contribution in [2.75, 3.05) is 5.32 Å². The lowest BCUT2D eigenvalue weighted by Crippen LogP contribution is -2.31. The summed E-state index contributed by atoms with van der Waals surface area (Å²) in [6.45, 7) is 3.50. The van der Waals surface area contributed by atoms with Crippen LogP contribution < -0.4 is 10.6 Å². The number of amides is 2. The first-order valence-corrected chi connectivity index (χ1v) is 7.35. The fraction of sp³-hybridized carbons (Fsp3) is 0.167. The molecule has 1 unspecified atom stereocenters. The largest absolute Gasteiger partial charge is 0.459 e. The van der Waals surface area contributed by atoms with Gasteiger partial charge in [0.05, 0.1) is 6.04 Å². The quantitative estimate of drug-likeness (QED) is 0.732. The van der Waals surface area contributed by atoms with Gasteiger partial charge in [-0.3, -0.25) is 0 Å². The number of urea groups is 1. The maximum Gasteiger partial charge on any atom is 0.319 e. The standard InChI is InChI=1S/C18H17FN2O2/c1-11-7-8-14(10-15(11)19)21-18(22)20-12(2)17-9-13-5-3-4-6-16(13)23-17/h3-10,12H,1-2H3,(H2,20,21,22). The van der Waals surface area contributed by atoms with Crippen molar-refractivity contribution in [3.05, 3.63) is 65.7 Å². The zero-order chi connectivity index (χ0) is 16.4. The van der Waals surface area contributed by atoms with E-state index in [1.165, 1.54) is 6.07 Å². The fourth-order valence-corrected chi connectivity index (χ4v) is 2.32. The number of fused-ring (bicyclic) bond motifs is 1. The Morgan fingerprint density at radius 1 is 1.17 bits per heavy atom. The Morgan fingerprint density at radius 2 is 1.96 bits per heavy atom. The van der Waals surface area contributed by atoms with Gasteiger partial charge in [0.15, 0.2) is 0 Å². The third-order valence-corrected chi connectivity index (χ3v) is 3.65. The lowest BCUT2D eigenvalue weighted by atomic mass is 10.2. The van der Waals surface area contributed by atoms with Crippen LogP contribution in [0.3, 0.4) is 0 Å². The van der Waals surface area contributed by atoms with Crippen LogP contribution in [-0.2, 0) is 0 Å². The molecule has 118 valence electrons. The highest BCUT2D eigenvalue weighted by molar-refractivity contribution is 5.89. The summed E-state index contributed by atoms with van der Waals surface area (Å²) in [6.07, 6.45) is 0. The van der Waals surface area contributed by atoms with Gasteiger partial charge in [0.25, 0.3) is 0 Å². The molecule has 0 spiro atoms. The summed E-state index contributed by atoms with van der Waals surface area (Å²) in [5.74, 6) is 0.310. The first-order chi connectivity index (χ1) is 11.0. The highest BCUT2D eigenvalue weighted by Crippen LogP contribution is 2.23. The molecular weight excluding hydrogens is 295 g/mol. The molecule has 3 rings (SSSR count). The van der Waals surface area contributed by atoms with Gasteiger partial charge < -0.3 is 15.1 Å². The number of benzene rings is 2. The predicted molar refractivity (Wildman–Crippen MR) is 87.9 cm³/mol. The van der Waals surface area contributed by atoms with Crippen LogP contribution in [0.4, 0.5) is 14.9 Å². The zero-order valence-corrected chi connectivity index (χ0v) is 12.9. The third kappa shape index (κ3) is 3.34. The first-order valence-electron chi connectivity index (χ1n) is 7.35. The van der Waals surface area contributed by atoms with Gasteiger partial charge in [-0.1, -0.05) is 24.3 Å². The fourth-order valence-electron chi connectivity index (χ4n) is 2.32. The number of carbonyl (C=O) groups excluding carboxylic acids is 1. The minimum atomic E-state index is -0.416. The van der Waals surface area contributed by atoms with Crippen LogP contribution in [0.5, 0.6) is 0 Å². The summed E-state index contributed by atoms with van der Waals surface area (Å²) in [5, 5.41) is 6.37. The molecule has 2 N–H and O–H groups in total. The molecule has 4 nitrogen and oxygen atoms in total. The van der Waals surface area contributed by atoms with Gasteiger partial charge in [0.1, 0.15) is 17.2 Å². The molecule has 0 saturated heterocycles. The lowest BCUT2D eigenvalue weighted by Gasteiger charge is -2.12. The Hall–Kier alpha value is -2.82. The zero-order valence-electron chi connectivity index (χ0n) is 12.9. The van der Waals surface area contributed by atoms with Crippen molar-refractivity contribution in [2.24, 2.45) is 0 Å². The summed E-state index contributed by atoms with van der Waals surface area (Å²) >= 11 is 0. The molecule has 0 aliphatic heterocycles. The number of rotatable bonds is 3. The Kier molecular flexibility index (Phi) is 4.02. The summed E-state index contributed by atoms with van der Waals surface area (Å²) in [5.41, 5.74) is 1.71. The molecule has 2 amide bonds. The highest BCUT2D eigenvalue weighted by Gasteiger charge is 2.14. The van der Waals surface area contributed by atoms with Crippen LogP contribution in [0.1, 0.15) is 24.3 Å². The average Bonchev–Trinajstić information content (AvgIpc) is 2.95. The van der Waals surface area contributed by atoms with E-state index in [2.05, 4.69) is 10.6 Å². The molecule has 1 aromatic heterocycles. The molecule has 0 aliphatic rings. The monoisotopic (exact) mass is 312 g/mol. The van der Waals surface area contributed by atoms with Crippen LogP contribution in [0.25, 0.3) is 11.0 Å². The second-order valence-electron chi connectivity index (χ2n) is 5.47. The first kappa shape index (κ1) is 15.1. The Labute approximate surface area is 133 Å². The van der Waals surface area contributed by atoms with Crippen molar-refractivity contribution in [1.82, 2.24) is 5.32 Å². The Bertz CT molecular complexity index is 824. The van der Waals surface area contributed by atoms with Gasteiger partial charge in [0, 0.05) is 11.1 Å². The molecule has 2 aromatic carbocycles. The predicted octanol–water partition coefficient (Wildman–Crippen LogP) is 4.76. The minimum absolute atomic E-state index is 0.308. The topological polar surface area (TPSA) is 54.3 Å². The van der Waals surface area contributed by atoms with Crippen LogP contribution >= 0.6 is 0 Å². The number of halogens is 1. The second kappa shape index (κ2) is 6.12. The van der Waals surface area contributed by atoms with E-state index in [0.29, 0.717) is 17.0 Å². The molecule has 0 radical (unpaired) electrons. The Balaban J connectivity index is 1.67. The molecule has 1 atom stereocenters. The van der Waals surface area contributed by atoms with E-state index in [4.69, 9.17) is 4.42 Å².